The normalized spacial score (nSPS) is 10.7. The highest BCUT2D eigenvalue weighted by Gasteiger charge is 2.38. The SMILES string of the molecule is NC(=O)c1cccc(-c2ccc(OCCCCc3cccs3)cc2)c1.O=C(O)C(F)(F)F. The van der Waals surface area contributed by atoms with E-state index in [1.54, 1.807) is 6.07 Å². The first-order valence-corrected chi connectivity index (χ1v) is 10.5. The van der Waals surface area contributed by atoms with Crippen LogP contribution in [-0.2, 0) is 11.2 Å². The molecule has 32 heavy (non-hydrogen) atoms. The zero-order valence-electron chi connectivity index (χ0n) is 17.0. The average Bonchev–Trinajstić information content (AvgIpc) is 3.27. The molecule has 9 heteroatoms. The molecule has 0 radical (unpaired) electrons. The highest BCUT2D eigenvalue weighted by Crippen LogP contribution is 2.23. The minimum atomic E-state index is -5.08. The van der Waals surface area contributed by atoms with Gasteiger partial charge in [-0.05, 0) is 66.1 Å². The summed E-state index contributed by atoms with van der Waals surface area (Å²) in [5.41, 5.74) is 7.86. The number of aliphatic carboxylic acids is 1. The number of amides is 1. The largest absolute Gasteiger partial charge is 0.494 e. The summed E-state index contributed by atoms with van der Waals surface area (Å²) in [4.78, 5) is 21.6. The quantitative estimate of drug-likeness (QED) is 0.427. The Morgan fingerprint density at radius 2 is 1.66 bits per heavy atom. The highest BCUT2D eigenvalue weighted by molar-refractivity contribution is 7.09. The van der Waals surface area contributed by atoms with Crippen LogP contribution < -0.4 is 10.5 Å². The minimum Gasteiger partial charge on any atom is -0.494 e. The number of unbranched alkanes of at least 4 members (excludes halogenated alkanes) is 1. The Hall–Kier alpha value is -3.33. The Kier molecular flexibility index (Phi) is 9.27. The number of rotatable bonds is 8. The van der Waals surface area contributed by atoms with Crippen molar-refractivity contribution < 1.29 is 32.6 Å². The summed E-state index contributed by atoms with van der Waals surface area (Å²) in [7, 11) is 0. The maximum Gasteiger partial charge on any atom is 0.490 e. The fraction of sp³-hybridized carbons (Fsp3) is 0.217. The van der Waals surface area contributed by atoms with Crippen molar-refractivity contribution in [3.63, 3.8) is 0 Å². The van der Waals surface area contributed by atoms with Gasteiger partial charge in [-0.2, -0.15) is 13.2 Å². The number of ether oxygens (including phenoxy) is 1. The third-order valence-corrected chi connectivity index (χ3v) is 5.18. The molecule has 0 aliphatic heterocycles. The van der Waals surface area contributed by atoms with E-state index in [9.17, 15) is 18.0 Å². The molecule has 1 aromatic heterocycles. The molecule has 3 rings (SSSR count). The third kappa shape index (κ3) is 8.43. The first-order chi connectivity index (χ1) is 15.2. The summed E-state index contributed by atoms with van der Waals surface area (Å²) in [6.45, 7) is 0.724. The van der Waals surface area contributed by atoms with Crippen molar-refractivity contribution in [3.05, 3.63) is 76.5 Å². The lowest BCUT2D eigenvalue weighted by Gasteiger charge is -2.08. The molecule has 3 aromatic rings. The molecule has 0 aliphatic rings. The maximum absolute atomic E-state index is 11.3. The molecule has 5 nitrogen and oxygen atoms in total. The van der Waals surface area contributed by atoms with Crippen molar-refractivity contribution in [1.29, 1.82) is 0 Å². The van der Waals surface area contributed by atoms with Gasteiger partial charge in [-0.15, -0.1) is 11.3 Å². The summed E-state index contributed by atoms with van der Waals surface area (Å²) >= 11 is 1.81. The number of carboxylic acid groups (broad SMARTS) is 1. The van der Waals surface area contributed by atoms with Crippen molar-refractivity contribution >= 4 is 23.2 Å². The second-order valence-electron chi connectivity index (χ2n) is 6.66. The van der Waals surface area contributed by atoms with Crippen molar-refractivity contribution in [3.8, 4) is 16.9 Å². The highest BCUT2D eigenvalue weighted by atomic mass is 32.1. The van der Waals surface area contributed by atoms with E-state index in [0.29, 0.717) is 5.56 Å². The van der Waals surface area contributed by atoms with Crippen molar-refractivity contribution in [1.82, 2.24) is 0 Å². The standard InChI is InChI=1S/C21H21NO2S.C2HF3O2/c22-21(23)18-6-3-5-17(15-18)16-9-11-19(12-10-16)24-13-2-1-7-20-8-4-14-25-20;3-2(4,5)1(6)7/h3-6,8-12,14-15H,1-2,7,13H2,(H2,22,23);(H,6,7). The summed E-state index contributed by atoms with van der Waals surface area (Å²) in [6.07, 6.45) is -1.78. The summed E-state index contributed by atoms with van der Waals surface area (Å²) in [5, 5.41) is 9.24. The lowest BCUT2D eigenvalue weighted by atomic mass is 10.0. The first-order valence-electron chi connectivity index (χ1n) is 9.62. The predicted octanol–water partition coefficient (Wildman–Crippen LogP) is 5.55. The van der Waals surface area contributed by atoms with Gasteiger partial charge < -0.3 is 15.6 Å². The third-order valence-electron chi connectivity index (χ3n) is 4.24. The molecular weight excluding hydrogens is 443 g/mol. The molecule has 1 heterocycles. The zero-order chi connectivity index (χ0) is 23.6. The lowest BCUT2D eigenvalue weighted by Crippen LogP contribution is -2.21. The van der Waals surface area contributed by atoms with Crippen LogP contribution in [0.25, 0.3) is 11.1 Å². The van der Waals surface area contributed by atoms with Crippen LogP contribution >= 0.6 is 11.3 Å². The molecule has 0 saturated heterocycles. The molecule has 0 bridgehead atoms. The van der Waals surface area contributed by atoms with Gasteiger partial charge in [0.25, 0.3) is 0 Å². The number of alkyl halides is 3. The van der Waals surface area contributed by atoms with E-state index in [1.165, 1.54) is 4.88 Å². The molecule has 0 saturated carbocycles. The molecule has 0 atom stereocenters. The number of hydrogen-bond donors (Lipinski definition) is 2. The molecule has 0 fully saturated rings. The number of halogens is 3. The van der Waals surface area contributed by atoms with E-state index in [2.05, 4.69) is 17.5 Å². The summed E-state index contributed by atoms with van der Waals surface area (Å²) in [5.74, 6) is -2.30. The number of carbonyl (C=O) groups excluding carboxylic acids is 1. The molecule has 2 aromatic carbocycles. The summed E-state index contributed by atoms with van der Waals surface area (Å²) in [6, 6.07) is 19.5. The lowest BCUT2D eigenvalue weighted by molar-refractivity contribution is -0.192. The molecule has 0 unspecified atom stereocenters. The number of benzene rings is 2. The molecule has 1 amide bonds. The Morgan fingerprint density at radius 1 is 0.969 bits per heavy atom. The van der Waals surface area contributed by atoms with Gasteiger partial charge in [0.1, 0.15) is 5.75 Å². The van der Waals surface area contributed by atoms with Gasteiger partial charge in [0.15, 0.2) is 0 Å². The van der Waals surface area contributed by atoms with E-state index in [-0.39, 0.29) is 0 Å². The number of carbonyl (C=O) groups is 2. The Labute approximate surface area is 187 Å². The van der Waals surface area contributed by atoms with E-state index in [1.807, 2.05) is 53.8 Å². The van der Waals surface area contributed by atoms with E-state index in [4.69, 9.17) is 20.4 Å². The van der Waals surface area contributed by atoms with Crippen LogP contribution in [0.15, 0.2) is 66.0 Å². The molecule has 0 spiro atoms. The van der Waals surface area contributed by atoms with Crippen LogP contribution in [0.4, 0.5) is 13.2 Å². The summed E-state index contributed by atoms with van der Waals surface area (Å²) < 4.78 is 37.5. The second kappa shape index (κ2) is 11.9. The number of nitrogens with two attached hydrogens (primary N) is 1. The zero-order valence-corrected chi connectivity index (χ0v) is 17.8. The molecule has 3 N–H and O–H groups in total. The van der Waals surface area contributed by atoms with Crippen LogP contribution in [-0.4, -0.2) is 29.8 Å². The number of carboxylic acids is 1. The van der Waals surface area contributed by atoms with Crippen molar-refractivity contribution in [2.24, 2.45) is 5.73 Å². The first kappa shape index (κ1) is 24.9. The number of aryl methyl sites for hydroxylation is 1. The van der Waals surface area contributed by atoms with Gasteiger partial charge in [-0.25, -0.2) is 4.79 Å². The van der Waals surface area contributed by atoms with Gasteiger partial charge in [0, 0.05) is 10.4 Å². The van der Waals surface area contributed by atoms with Gasteiger partial charge >= 0.3 is 12.1 Å². The van der Waals surface area contributed by atoms with Crippen molar-refractivity contribution in [2.75, 3.05) is 6.61 Å². The Bertz CT molecular complexity index is 1000. The molecule has 170 valence electrons. The van der Waals surface area contributed by atoms with E-state index in [0.717, 1.165) is 42.7 Å². The van der Waals surface area contributed by atoms with Crippen molar-refractivity contribution in [2.45, 2.75) is 25.4 Å². The number of thiophene rings is 1. The van der Waals surface area contributed by atoms with Crippen LogP contribution in [0.2, 0.25) is 0 Å². The van der Waals surface area contributed by atoms with E-state index >= 15 is 0 Å². The average molecular weight is 465 g/mol. The fourth-order valence-electron chi connectivity index (χ4n) is 2.64. The number of hydrogen-bond acceptors (Lipinski definition) is 4. The Morgan fingerprint density at radius 3 is 2.22 bits per heavy atom. The molecule has 0 aliphatic carbocycles. The van der Waals surface area contributed by atoms with Gasteiger partial charge in [0.05, 0.1) is 6.61 Å². The van der Waals surface area contributed by atoms with Gasteiger partial charge in [0.2, 0.25) is 5.91 Å². The van der Waals surface area contributed by atoms with Crippen LogP contribution in [0.5, 0.6) is 5.75 Å². The Balaban J connectivity index is 0.000000451. The maximum atomic E-state index is 11.3. The molecular formula is C23H22F3NO4S. The number of primary amides is 1. The smallest absolute Gasteiger partial charge is 0.490 e. The predicted molar refractivity (Wildman–Crippen MR) is 117 cm³/mol. The van der Waals surface area contributed by atoms with Crippen LogP contribution in [0.1, 0.15) is 28.1 Å². The minimum absolute atomic E-state index is 0.413. The van der Waals surface area contributed by atoms with Crippen LogP contribution in [0, 0.1) is 0 Å². The van der Waals surface area contributed by atoms with Gasteiger partial charge in [-0.1, -0.05) is 30.3 Å². The van der Waals surface area contributed by atoms with Gasteiger partial charge in [-0.3, -0.25) is 4.79 Å². The topological polar surface area (TPSA) is 89.6 Å². The van der Waals surface area contributed by atoms with E-state index < -0.39 is 18.1 Å². The monoisotopic (exact) mass is 465 g/mol. The second-order valence-corrected chi connectivity index (χ2v) is 7.69. The fourth-order valence-corrected chi connectivity index (χ4v) is 3.39. The van der Waals surface area contributed by atoms with Crippen LogP contribution in [0.3, 0.4) is 0 Å².